The van der Waals surface area contributed by atoms with Crippen molar-refractivity contribution in [3.63, 3.8) is 0 Å². The molecule has 1 aromatic carbocycles. The van der Waals surface area contributed by atoms with Crippen LogP contribution in [0.2, 0.25) is 0 Å². The van der Waals surface area contributed by atoms with E-state index in [0.29, 0.717) is 12.0 Å². The van der Waals surface area contributed by atoms with E-state index in [9.17, 15) is 5.11 Å². The van der Waals surface area contributed by atoms with Crippen LogP contribution in [0.25, 0.3) is 0 Å². The van der Waals surface area contributed by atoms with Crippen molar-refractivity contribution in [3.8, 4) is 5.75 Å². The molecule has 0 bridgehead atoms. The summed E-state index contributed by atoms with van der Waals surface area (Å²) in [6, 6.07) is 8.26. The van der Waals surface area contributed by atoms with Gasteiger partial charge in [0.05, 0.1) is 13.2 Å². The molecule has 0 amide bonds. The van der Waals surface area contributed by atoms with Gasteiger partial charge in [0.1, 0.15) is 5.75 Å². The molecule has 4 atom stereocenters. The Labute approximate surface area is 116 Å². The third-order valence-corrected chi connectivity index (χ3v) is 4.27. The lowest BCUT2D eigenvalue weighted by molar-refractivity contribution is 0.126. The third kappa shape index (κ3) is 3.48. The number of ether oxygens (including phenoxy) is 1. The molecule has 0 aromatic heterocycles. The Hall–Kier alpha value is -1.06. The zero-order valence-electron chi connectivity index (χ0n) is 12.1. The molecular weight excluding hydrogens is 238 g/mol. The lowest BCUT2D eigenvalue weighted by atomic mass is 10.00. The molecule has 0 radical (unpaired) electrons. The zero-order chi connectivity index (χ0) is 13.8. The van der Waals surface area contributed by atoms with Crippen LogP contribution >= 0.6 is 0 Å². The van der Waals surface area contributed by atoms with E-state index < -0.39 is 6.10 Å². The molecule has 1 saturated carbocycles. The van der Waals surface area contributed by atoms with E-state index in [1.54, 1.807) is 7.11 Å². The lowest BCUT2D eigenvalue weighted by Crippen LogP contribution is -2.41. The highest BCUT2D eigenvalue weighted by atomic mass is 16.5. The van der Waals surface area contributed by atoms with E-state index in [1.165, 1.54) is 19.3 Å². The van der Waals surface area contributed by atoms with E-state index in [-0.39, 0.29) is 6.04 Å². The average molecular weight is 263 g/mol. The predicted octanol–water partition coefficient (Wildman–Crippen LogP) is 2.90. The topological polar surface area (TPSA) is 41.5 Å². The number of aliphatic hydroxyl groups excluding tert-OH is 1. The summed E-state index contributed by atoms with van der Waals surface area (Å²) in [5, 5.41) is 14.0. The molecule has 0 saturated heterocycles. The van der Waals surface area contributed by atoms with Gasteiger partial charge in [0.15, 0.2) is 0 Å². The Balaban J connectivity index is 1.95. The molecule has 2 N–H and O–H groups in total. The highest BCUT2D eigenvalue weighted by Crippen LogP contribution is 2.27. The van der Waals surface area contributed by atoms with Gasteiger partial charge in [-0.15, -0.1) is 0 Å². The summed E-state index contributed by atoms with van der Waals surface area (Å²) in [5.41, 5.74) is 0.937. The van der Waals surface area contributed by atoms with E-state index in [1.807, 2.05) is 24.3 Å². The van der Waals surface area contributed by atoms with Crippen molar-refractivity contribution >= 4 is 0 Å². The molecule has 19 heavy (non-hydrogen) atoms. The summed E-state index contributed by atoms with van der Waals surface area (Å²) in [5.74, 6) is 1.53. The summed E-state index contributed by atoms with van der Waals surface area (Å²) < 4.78 is 5.13. The van der Waals surface area contributed by atoms with Crippen LogP contribution in [0.5, 0.6) is 5.75 Å². The van der Waals surface area contributed by atoms with Crippen molar-refractivity contribution in [2.24, 2.45) is 5.92 Å². The summed E-state index contributed by atoms with van der Waals surface area (Å²) in [7, 11) is 1.65. The zero-order valence-corrected chi connectivity index (χ0v) is 12.1. The first-order valence-electron chi connectivity index (χ1n) is 7.20. The van der Waals surface area contributed by atoms with E-state index in [4.69, 9.17) is 4.74 Å². The van der Waals surface area contributed by atoms with Gasteiger partial charge in [0.2, 0.25) is 0 Å². The van der Waals surface area contributed by atoms with Crippen LogP contribution in [-0.2, 0) is 0 Å². The second-order valence-corrected chi connectivity index (χ2v) is 5.69. The molecule has 1 aliphatic rings. The van der Waals surface area contributed by atoms with Crippen LogP contribution in [0.1, 0.15) is 44.8 Å². The minimum atomic E-state index is -0.473. The van der Waals surface area contributed by atoms with Crippen LogP contribution in [0, 0.1) is 5.92 Å². The van der Waals surface area contributed by atoms with Crippen LogP contribution in [-0.4, -0.2) is 24.3 Å². The molecule has 1 aromatic rings. The summed E-state index contributed by atoms with van der Waals surface area (Å²) in [4.78, 5) is 0. The highest BCUT2D eigenvalue weighted by Gasteiger charge is 2.26. The maximum absolute atomic E-state index is 10.4. The standard InChI is InChI=1S/C16H25NO2/c1-11-5-4-6-15(11)17-12(2)16(18)13-7-9-14(19-3)10-8-13/h7-12,15-18H,4-6H2,1-3H3. The van der Waals surface area contributed by atoms with Gasteiger partial charge in [-0.05, 0) is 43.4 Å². The van der Waals surface area contributed by atoms with Gasteiger partial charge in [0.25, 0.3) is 0 Å². The van der Waals surface area contributed by atoms with Gasteiger partial charge in [-0.25, -0.2) is 0 Å². The van der Waals surface area contributed by atoms with E-state index >= 15 is 0 Å². The number of rotatable bonds is 5. The highest BCUT2D eigenvalue weighted by molar-refractivity contribution is 5.29. The second kappa shape index (κ2) is 6.40. The molecule has 3 heteroatoms. The Kier molecular flexibility index (Phi) is 4.83. The average Bonchev–Trinajstić information content (AvgIpc) is 2.83. The van der Waals surface area contributed by atoms with Gasteiger partial charge in [-0.3, -0.25) is 0 Å². The number of methoxy groups -OCH3 is 1. The molecule has 1 fully saturated rings. The Morgan fingerprint density at radius 2 is 1.95 bits per heavy atom. The maximum Gasteiger partial charge on any atom is 0.118 e. The largest absolute Gasteiger partial charge is 0.497 e. The summed E-state index contributed by atoms with van der Waals surface area (Å²) in [6.07, 6.45) is 3.34. The lowest BCUT2D eigenvalue weighted by Gasteiger charge is -2.26. The maximum atomic E-state index is 10.4. The van der Waals surface area contributed by atoms with Crippen LogP contribution < -0.4 is 10.1 Å². The van der Waals surface area contributed by atoms with Crippen LogP contribution in [0.15, 0.2) is 24.3 Å². The molecule has 0 spiro atoms. The van der Waals surface area contributed by atoms with Crippen molar-refractivity contribution < 1.29 is 9.84 Å². The molecule has 106 valence electrons. The van der Waals surface area contributed by atoms with Gasteiger partial charge < -0.3 is 15.2 Å². The van der Waals surface area contributed by atoms with E-state index in [0.717, 1.165) is 11.3 Å². The van der Waals surface area contributed by atoms with Gasteiger partial charge in [0, 0.05) is 12.1 Å². The van der Waals surface area contributed by atoms with E-state index in [2.05, 4.69) is 19.2 Å². The molecule has 1 aliphatic carbocycles. The number of benzene rings is 1. The monoisotopic (exact) mass is 263 g/mol. The third-order valence-electron chi connectivity index (χ3n) is 4.27. The first-order chi connectivity index (χ1) is 9.11. The fourth-order valence-electron chi connectivity index (χ4n) is 2.91. The number of nitrogens with one attached hydrogen (secondary N) is 1. The summed E-state index contributed by atoms with van der Waals surface area (Å²) in [6.45, 7) is 4.34. The Morgan fingerprint density at radius 3 is 2.47 bits per heavy atom. The van der Waals surface area contributed by atoms with Crippen molar-refractivity contribution in [1.29, 1.82) is 0 Å². The van der Waals surface area contributed by atoms with Crippen LogP contribution in [0.3, 0.4) is 0 Å². The molecular formula is C16H25NO2. The molecule has 0 aliphatic heterocycles. The minimum absolute atomic E-state index is 0.0685. The van der Waals surface area contributed by atoms with Gasteiger partial charge in [-0.1, -0.05) is 25.5 Å². The normalized spacial score (nSPS) is 26.1. The number of hydrogen-bond donors (Lipinski definition) is 2. The second-order valence-electron chi connectivity index (χ2n) is 5.69. The number of hydrogen-bond acceptors (Lipinski definition) is 3. The van der Waals surface area contributed by atoms with Crippen molar-refractivity contribution in [2.45, 2.75) is 51.3 Å². The minimum Gasteiger partial charge on any atom is -0.497 e. The number of aliphatic hydroxyl groups is 1. The molecule has 0 heterocycles. The fraction of sp³-hybridized carbons (Fsp3) is 0.625. The molecule has 4 unspecified atom stereocenters. The first kappa shape index (κ1) is 14.4. The van der Waals surface area contributed by atoms with Gasteiger partial charge >= 0.3 is 0 Å². The smallest absolute Gasteiger partial charge is 0.118 e. The predicted molar refractivity (Wildman–Crippen MR) is 77.4 cm³/mol. The van der Waals surface area contributed by atoms with Crippen LogP contribution in [0.4, 0.5) is 0 Å². The quantitative estimate of drug-likeness (QED) is 0.858. The molecule has 2 rings (SSSR count). The van der Waals surface area contributed by atoms with Gasteiger partial charge in [-0.2, -0.15) is 0 Å². The van der Waals surface area contributed by atoms with Crippen molar-refractivity contribution in [3.05, 3.63) is 29.8 Å². The van der Waals surface area contributed by atoms with Crippen molar-refractivity contribution in [2.75, 3.05) is 7.11 Å². The SMILES string of the molecule is COc1ccc(C(O)C(C)NC2CCCC2C)cc1. The molecule has 3 nitrogen and oxygen atoms in total. The van der Waals surface area contributed by atoms with Crippen molar-refractivity contribution in [1.82, 2.24) is 5.32 Å². The first-order valence-corrected chi connectivity index (χ1v) is 7.20. The fourth-order valence-corrected chi connectivity index (χ4v) is 2.91. The Bertz CT molecular complexity index is 390. The summed E-state index contributed by atoms with van der Waals surface area (Å²) >= 11 is 0. The Morgan fingerprint density at radius 1 is 1.26 bits per heavy atom.